The molecular formula is C23H39IN4O. The second kappa shape index (κ2) is 12.6. The molecule has 1 aromatic carbocycles. The van der Waals surface area contributed by atoms with Crippen LogP contribution >= 0.6 is 24.0 Å². The number of ether oxygens (including phenoxy) is 1. The minimum atomic E-state index is 0. The maximum absolute atomic E-state index is 6.06. The van der Waals surface area contributed by atoms with Gasteiger partial charge in [-0.05, 0) is 57.2 Å². The second-order valence-corrected chi connectivity index (χ2v) is 8.12. The van der Waals surface area contributed by atoms with E-state index in [2.05, 4.69) is 60.2 Å². The molecular weight excluding hydrogens is 475 g/mol. The van der Waals surface area contributed by atoms with Crippen LogP contribution in [0, 0.1) is 11.8 Å². The predicted molar refractivity (Wildman–Crippen MR) is 132 cm³/mol. The highest BCUT2D eigenvalue weighted by Crippen LogP contribution is 2.30. The van der Waals surface area contributed by atoms with Crippen LogP contribution in [0.1, 0.15) is 45.6 Å². The molecule has 1 unspecified atom stereocenters. The van der Waals surface area contributed by atoms with Crippen LogP contribution in [0.3, 0.4) is 0 Å². The Morgan fingerprint density at radius 3 is 2.59 bits per heavy atom. The van der Waals surface area contributed by atoms with Gasteiger partial charge in [-0.15, -0.1) is 24.0 Å². The van der Waals surface area contributed by atoms with Crippen molar-refractivity contribution in [2.75, 3.05) is 45.9 Å². The Labute approximate surface area is 194 Å². The highest BCUT2D eigenvalue weighted by atomic mass is 127. The minimum absolute atomic E-state index is 0. The van der Waals surface area contributed by atoms with Crippen LogP contribution in [0.25, 0.3) is 0 Å². The van der Waals surface area contributed by atoms with Crippen molar-refractivity contribution in [3.63, 3.8) is 0 Å². The molecule has 1 aliphatic carbocycles. The first-order valence-corrected chi connectivity index (χ1v) is 11.2. The monoisotopic (exact) mass is 514 g/mol. The standard InChI is InChI=1S/C23H38N4O.HI/c1-4-24-23(27-14-13-20(17-27)16-26(5-2)6-3)25-15-21-9-7-8-10-22(21)28-18-19-11-12-19;/h7-10,19-20H,4-6,11-18H2,1-3H3,(H,24,25);1H. The van der Waals surface area contributed by atoms with Gasteiger partial charge in [-0.3, -0.25) is 0 Å². The van der Waals surface area contributed by atoms with E-state index in [0.29, 0.717) is 6.54 Å². The number of nitrogens with one attached hydrogen (secondary N) is 1. The van der Waals surface area contributed by atoms with Crippen LogP contribution < -0.4 is 10.1 Å². The van der Waals surface area contributed by atoms with Crippen LogP contribution in [0.15, 0.2) is 29.3 Å². The zero-order chi connectivity index (χ0) is 19.8. The molecule has 3 rings (SSSR count). The molecule has 1 heterocycles. The van der Waals surface area contributed by atoms with Crippen molar-refractivity contribution in [2.24, 2.45) is 16.8 Å². The molecule has 1 aromatic rings. The molecule has 0 aromatic heterocycles. The third kappa shape index (κ3) is 7.63. The van der Waals surface area contributed by atoms with Gasteiger partial charge in [0.25, 0.3) is 0 Å². The lowest BCUT2D eigenvalue weighted by atomic mass is 10.1. The van der Waals surface area contributed by atoms with Crippen LogP contribution in [-0.4, -0.2) is 61.6 Å². The van der Waals surface area contributed by atoms with Crippen molar-refractivity contribution in [3.05, 3.63) is 29.8 Å². The highest BCUT2D eigenvalue weighted by Gasteiger charge is 2.26. The summed E-state index contributed by atoms with van der Waals surface area (Å²) in [5, 5.41) is 3.50. The van der Waals surface area contributed by atoms with Gasteiger partial charge in [0.05, 0.1) is 13.2 Å². The smallest absolute Gasteiger partial charge is 0.194 e. The lowest BCUT2D eigenvalue weighted by Gasteiger charge is -2.24. The van der Waals surface area contributed by atoms with E-state index in [1.807, 2.05) is 0 Å². The van der Waals surface area contributed by atoms with E-state index in [1.165, 1.54) is 31.4 Å². The molecule has 2 aliphatic rings. The third-order valence-electron chi connectivity index (χ3n) is 5.87. The summed E-state index contributed by atoms with van der Waals surface area (Å²) in [6.07, 6.45) is 3.88. The number of guanidine groups is 1. The lowest BCUT2D eigenvalue weighted by Crippen LogP contribution is -2.40. The molecule has 1 aliphatic heterocycles. The summed E-state index contributed by atoms with van der Waals surface area (Å²) >= 11 is 0. The van der Waals surface area contributed by atoms with Crippen LogP contribution in [0.4, 0.5) is 0 Å². The van der Waals surface area contributed by atoms with Gasteiger partial charge in [-0.2, -0.15) is 0 Å². The third-order valence-corrected chi connectivity index (χ3v) is 5.87. The average Bonchev–Trinajstić information content (AvgIpc) is 3.44. The molecule has 2 fully saturated rings. The largest absolute Gasteiger partial charge is 0.493 e. The molecule has 1 N–H and O–H groups in total. The van der Waals surface area contributed by atoms with Gasteiger partial charge in [0.15, 0.2) is 5.96 Å². The molecule has 0 radical (unpaired) electrons. The lowest BCUT2D eigenvalue weighted by molar-refractivity contribution is 0.255. The SMILES string of the molecule is CCNC(=NCc1ccccc1OCC1CC1)N1CCC(CN(CC)CC)C1.I. The number of likely N-dealkylation sites (tertiary alicyclic amines) is 1. The topological polar surface area (TPSA) is 40.1 Å². The molecule has 0 spiro atoms. The molecule has 164 valence electrons. The number of para-hydroxylation sites is 1. The normalized spacial score (nSPS) is 19.4. The van der Waals surface area contributed by atoms with E-state index in [9.17, 15) is 0 Å². The van der Waals surface area contributed by atoms with E-state index in [4.69, 9.17) is 9.73 Å². The first-order valence-electron chi connectivity index (χ1n) is 11.2. The molecule has 1 saturated heterocycles. The minimum Gasteiger partial charge on any atom is -0.493 e. The number of halogens is 1. The van der Waals surface area contributed by atoms with Crippen LogP contribution in [0.5, 0.6) is 5.75 Å². The Bertz CT molecular complexity index is 631. The van der Waals surface area contributed by atoms with E-state index >= 15 is 0 Å². The number of benzene rings is 1. The average molecular weight is 514 g/mol. The van der Waals surface area contributed by atoms with E-state index in [0.717, 1.165) is 62.9 Å². The van der Waals surface area contributed by atoms with Gasteiger partial charge in [0.2, 0.25) is 0 Å². The summed E-state index contributed by atoms with van der Waals surface area (Å²) in [5.41, 5.74) is 1.18. The molecule has 0 bridgehead atoms. The summed E-state index contributed by atoms with van der Waals surface area (Å²) in [5.74, 6) is 3.54. The van der Waals surface area contributed by atoms with Gasteiger partial charge < -0.3 is 19.9 Å². The molecule has 5 nitrogen and oxygen atoms in total. The van der Waals surface area contributed by atoms with Gasteiger partial charge >= 0.3 is 0 Å². The van der Waals surface area contributed by atoms with Crippen molar-refractivity contribution < 1.29 is 4.74 Å². The fourth-order valence-electron chi connectivity index (χ4n) is 3.87. The van der Waals surface area contributed by atoms with E-state index < -0.39 is 0 Å². The number of rotatable bonds is 10. The second-order valence-electron chi connectivity index (χ2n) is 8.12. The maximum atomic E-state index is 6.06. The Hall–Kier alpha value is -1.02. The molecule has 6 heteroatoms. The van der Waals surface area contributed by atoms with E-state index in [-0.39, 0.29) is 24.0 Å². The molecule has 1 saturated carbocycles. The highest BCUT2D eigenvalue weighted by molar-refractivity contribution is 14.0. The Balaban J connectivity index is 0.00000300. The van der Waals surface area contributed by atoms with Crippen LogP contribution in [-0.2, 0) is 6.54 Å². The first-order chi connectivity index (χ1) is 13.7. The Morgan fingerprint density at radius 1 is 1.14 bits per heavy atom. The van der Waals surface area contributed by atoms with Crippen molar-refractivity contribution in [1.82, 2.24) is 15.1 Å². The van der Waals surface area contributed by atoms with Crippen molar-refractivity contribution in [1.29, 1.82) is 0 Å². The van der Waals surface area contributed by atoms with Gasteiger partial charge in [-0.1, -0.05) is 32.0 Å². The number of hydrogen-bond acceptors (Lipinski definition) is 3. The maximum Gasteiger partial charge on any atom is 0.194 e. The van der Waals surface area contributed by atoms with Crippen molar-refractivity contribution in [2.45, 2.75) is 46.6 Å². The summed E-state index contributed by atoms with van der Waals surface area (Å²) in [6, 6.07) is 8.36. The van der Waals surface area contributed by atoms with Crippen LogP contribution in [0.2, 0.25) is 0 Å². The molecule has 29 heavy (non-hydrogen) atoms. The Morgan fingerprint density at radius 2 is 1.90 bits per heavy atom. The first kappa shape index (κ1) is 24.3. The van der Waals surface area contributed by atoms with Gasteiger partial charge in [0, 0.05) is 31.7 Å². The predicted octanol–water partition coefficient (Wildman–Crippen LogP) is 4.22. The quantitative estimate of drug-likeness (QED) is 0.289. The fourth-order valence-corrected chi connectivity index (χ4v) is 3.87. The number of nitrogens with zero attached hydrogens (tertiary/aromatic N) is 3. The summed E-state index contributed by atoms with van der Waals surface area (Å²) in [7, 11) is 0. The zero-order valence-electron chi connectivity index (χ0n) is 18.4. The zero-order valence-corrected chi connectivity index (χ0v) is 20.7. The summed E-state index contributed by atoms with van der Waals surface area (Å²) in [6.45, 7) is 14.7. The van der Waals surface area contributed by atoms with Crippen molar-refractivity contribution >= 4 is 29.9 Å². The molecule has 0 amide bonds. The number of hydrogen-bond donors (Lipinski definition) is 1. The van der Waals surface area contributed by atoms with Crippen molar-refractivity contribution in [3.8, 4) is 5.75 Å². The van der Waals surface area contributed by atoms with Gasteiger partial charge in [-0.25, -0.2) is 4.99 Å². The fraction of sp³-hybridized carbons (Fsp3) is 0.696. The van der Waals surface area contributed by atoms with E-state index in [1.54, 1.807) is 0 Å². The summed E-state index contributed by atoms with van der Waals surface area (Å²) < 4.78 is 6.06. The summed E-state index contributed by atoms with van der Waals surface area (Å²) in [4.78, 5) is 9.93. The van der Waals surface area contributed by atoms with Gasteiger partial charge in [0.1, 0.15) is 5.75 Å². The molecule has 1 atom stereocenters. The Kier molecular flexibility index (Phi) is 10.6. The number of aliphatic imine (C=N–C) groups is 1.